The number of imide groups is 1. The number of aryl methyl sites for hydroxylation is 1. The van der Waals surface area contributed by atoms with Crippen molar-refractivity contribution in [2.24, 2.45) is 0 Å². The maximum absolute atomic E-state index is 12.6. The number of hydrogen-bond acceptors (Lipinski definition) is 5. The van der Waals surface area contributed by atoms with Crippen LogP contribution in [0.1, 0.15) is 15.9 Å². The highest BCUT2D eigenvalue weighted by molar-refractivity contribution is 6.53. The maximum atomic E-state index is 12.6. The van der Waals surface area contributed by atoms with Crippen LogP contribution in [-0.2, 0) is 9.59 Å². The number of benzene rings is 2. The first kappa shape index (κ1) is 16.7. The number of rotatable bonds is 4. The fourth-order valence-electron chi connectivity index (χ4n) is 2.48. The van der Waals surface area contributed by atoms with Crippen LogP contribution in [-0.4, -0.2) is 17.8 Å². The molecule has 1 heterocycles. The maximum Gasteiger partial charge on any atom is 0.283 e. The molecule has 1 aliphatic heterocycles. The van der Waals surface area contributed by atoms with Gasteiger partial charge in [-0.1, -0.05) is 35.9 Å². The molecule has 0 spiro atoms. The monoisotopic (exact) mass is 355 g/mol. The number of nitrogens with zero attached hydrogens (tertiary/aromatic N) is 1. The summed E-state index contributed by atoms with van der Waals surface area (Å²) in [5.74, 6) is -2.60. The van der Waals surface area contributed by atoms with Crippen molar-refractivity contribution in [2.75, 3.05) is 10.2 Å². The minimum absolute atomic E-state index is 0.0611. The van der Waals surface area contributed by atoms with Crippen molar-refractivity contribution in [3.63, 3.8) is 0 Å². The lowest BCUT2D eigenvalue weighted by atomic mass is 10.2. The molecule has 0 aliphatic carbocycles. The van der Waals surface area contributed by atoms with Gasteiger partial charge < -0.3 is 15.2 Å². The van der Waals surface area contributed by atoms with Crippen molar-refractivity contribution in [3.8, 4) is 0 Å². The highest BCUT2D eigenvalue weighted by Crippen LogP contribution is 2.30. The molecule has 126 valence electrons. The molecule has 2 aromatic carbocycles. The molecule has 6 nitrogen and oxygen atoms in total. The number of amides is 2. The van der Waals surface area contributed by atoms with E-state index in [9.17, 15) is 19.5 Å². The second kappa shape index (κ2) is 6.41. The molecule has 0 saturated heterocycles. The van der Waals surface area contributed by atoms with Crippen molar-refractivity contribution in [3.05, 3.63) is 70.4 Å². The second-order valence-corrected chi connectivity index (χ2v) is 5.84. The largest absolute Gasteiger partial charge is 0.545 e. The Balaban J connectivity index is 1.92. The number of aromatic carboxylic acids is 1. The number of carboxylic acid groups (broad SMARTS) is 1. The topological polar surface area (TPSA) is 89.5 Å². The number of halogens is 1. The standard InChI is InChI=1S/C18H13ClN2O4/c1-10-4-2-7-13(8-10)21-16(22)14(19)15(17(21)23)20-12-6-3-5-11(9-12)18(24)25/h2-9,20H,1H3,(H,24,25)/p-1. The van der Waals surface area contributed by atoms with Crippen LogP contribution in [0, 0.1) is 6.92 Å². The van der Waals surface area contributed by atoms with Crippen LogP contribution in [0.25, 0.3) is 0 Å². The smallest absolute Gasteiger partial charge is 0.283 e. The van der Waals surface area contributed by atoms with E-state index in [-0.39, 0.29) is 16.3 Å². The number of nitrogens with one attached hydrogen (secondary N) is 1. The number of anilines is 2. The Morgan fingerprint density at radius 3 is 2.48 bits per heavy atom. The van der Waals surface area contributed by atoms with Crippen LogP contribution in [0.4, 0.5) is 11.4 Å². The average Bonchev–Trinajstić information content (AvgIpc) is 2.79. The van der Waals surface area contributed by atoms with Crippen LogP contribution >= 0.6 is 11.6 Å². The molecule has 0 aromatic heterocycles. The highest BCUT2D eigenvalue weighted by Gasteiger charge is 2.38. The Kier molecular flexibility index (Phi) is 4.29. The molecule has 2 aromatic rings. The van der Waals surface area contributed by atoms with Crippen LogP contribution < -0.4 is 15.3 Å². The van der Waals surface area contributed by atoms with Gasteiger partial charge >= 0.3 is 0 Å². The fraction of sp³-hybridized carbons (Fsp3) is 0.0556. The van der Waals surface area contributed by atoms with Crippen molar-refractivity contribution in [1.82, 2.24) is 0 Å². The van der Waals surface area contributed by atoms with Gasteiger partial charge in [0.05, 0.1) is 11.7 Å². The van der Waals surface area contributed by atoms with E-state index in [1.165, 1.54) is 18.2 Å². The molecule has 1 aliphatic rings. The first-order valence-corrected chi connectivity index (χ1v) is 7.70. The summed E-state index contributed by atoms with van der Waals surface area (Å²) in [5.41, 5.74) is 1.44. The minimum atomic E-state index is -1.35. The SMILES string of the molecule is Cc1cccc(N2C(=O)C(Cl)=C(Nc3cccc(C(=O)[O-])c3)C2=O)c1. The lowest BCUT2D eigenvalue weighted by molar-refractivity contribution is -0.255. The number of carboxylic acids is 1. The zero-order valence-electron chi connectivity index (χ0n) is 13.1. The van der Waals surface area contributed by atoms with Gasteiger partial charge in [-0.2, -0.15) is 0 Å². The van der Waals surface area contributed by atoms with E-state index < -0.39 is 17.8 Å². The summed E-state index contributed by atoms with van der Waals surface area (Å²) < 4.78 is 0. The van der Waals surface area contributed by atoms with Gasteiger partial charge in [-0.25, -0.2) is 4.90 Å². The summed E-state index contributed by atoms with van der Waals surface area (Å²) in [4.78, 5) is 36.9. The fourth-order valence-corrected chi connectivity index (χ4v) is 2.69. The Bertz CT molecular complexity index is 936. The summed E-state index contributed by atoms with van der Waals surface area (Å²) >= 11 is 6.04. The van der Waals surface area contributed by atoms with E-state index in [1.807, 2.05) is 13.0 Å². The van der Waals surface area contributed by atoms with Gasteiger partial charge in [0.2, 0.25) is 0 Å². The number of carbonyl (C=O) groups is 3. The van der Waals surface area contributed by atoms with Gasteiger partial charge in [0.1, 0.15) is 10.7 Å². The summed E-state index contributed by atoms with van der Waals surface area (Å²) in [6.07, 6.45) is 0. The quantitative estimate of drug-likeness (QED) is 0.844. The first-order valence-electron chi connectivity index (χ1n) is 7.32. The molecule has 3 rings (SSSR count). The normalized spacial score (nSPS) is 14.2. The molecule has 0 saturated carbocycles. The Labute approximate surface area is 148 Å². The van der Waals surface area contributed by atoms with E-state index in [1.54, 1.807) is 24.3 Å². The van der Waals surface area contributed by atoms with Crippen LogP contribution in [0.5, 0.6) is 0 Å². The molecule has 0 radical (unpaired) electrons. The number of hydrogen-bond donors (Lipinski definition) is 1. The van der Waals surface area contributed by atoms with Crippen LogP contribution in [0.15, 0.2) is 59.3 Å². The molecule has 7 heteroatoms. The van der Waals surface area contributed by atoms with Crippen LogP contribution in [0.3, 0.4) is 0 Å². The molecular formula is C18H12ClN2O4-. The summed E-state index contributed by atoms with van der Waals surface area (Å²) in [6.45, 7) is 1.84. The summed E-state index contributed by atoms with van der Waals surface area (Å²) in [6, 6.07) is 12.6. The Morgan fingerprint density at radius 1 is 1.08 bits per heavy atom. The first-order chi connectivity index (χ1) is 11.9. The van der Waals surface area contributed by atoms with Gasteiger partial charge in [-0.3, -0.25) is 9.59 Å². The van der Waals surface area contributed by atoms with E-state index in [0.29, 0.717) is 11.4 Å². The molecule has 0 bridgehead atoms. The third kappa shape index (κ3) is 3.12. The van der Waals surface area contributed by atoms with Gasteiger partial charge in [0, 0.05) is 5.69 Å². The average molecular weight is 356 g/mol. The van der Waals surface area contributed by atoms with Gasteiger partial charge in [-0.15, -0.1) is 0 Å². The predicted molar refractivity (Wildman–Crippen MR) is 90.9 cm³/mol. The molecule has 1 N–H and O–H groups in total. The minimum Gasteiger partial charge on any atom is -0.545 e. The highest BCUT2D eigenvalue weighted by atomic mass is 35.5. The van der Waals surface area contributed by atoms with Crippen molar-refractivity contribution in [1.29, 1.82) is 0 Å². The lowest BCUT2D eigenvalue weighted by Gasteiger charge is -2.15. The van der Waals surface area contributed by atoms with Gasteiger partial charge in [0.25, 0.3) is 11.8 Å². The van der Waals surface area contributed by atoms with Crippen molar-refractivity contribution >= 4 is 40.8 Å². The van der Waals surface area contributed by atoms with E-state index in [2.05, 4.69) is 5.32 Å². The summed E-state index contributed by atoms with van der Waals surface area (Å²) in [7, 11) is 0. The molecular weight excluding hydrogens is 344 g/mol. The molecule has 25 heavy (non-hydrogen) atoms. The van der Waals surface area contributed by atoms with E-state index in [4.69, 9.17) is 11.6 Å². The van der Waals surface area contributed by atoms with Gasteiger partial charge in [0.15, 0.2) is 0 Å². The molecule has 0 unspecified atom stereocenters. The molecule has 0 atom stereocenters. The van der Waals surface area contributed by atoms with E-state index in [0.717, 1.165) is 10.5 Å². The van der Waals surface area contributed by atoms with Gasteiger partial charge in [-0.05, 0) is 42.3 Å². The molecule has 2 amide bonds. The zero-order valence-corrected chi connectivity index (χ0v) is 13.8. The van der Waals surface area contributed by atoms with E-state index >= 15 is 0 Å². The summed E-state index contributed by atoms with van der Waals surface area (Å²) in [5, 5.41) is 13.4. The Hall–Kier alpha value is -3.12. The number of carbonyl (C=O) groups excluding carboxylic acids is 3. The Morgan fingerprint density at radius 2 is 1.80 bits per heavy atom. The second-order valence-electron chi connectivity index (χ2n) is 5.47. The van der Waals surface area contributed by atoms with Crippen LogP contribution in [0.2, 0.25) is 0 Å². The lowest BCUT2D eigenvalue weighted by Crippen LogP contribution is -2.32. The third-order valence-electron chi connectivity index (χ3n) is 3.65. The molecule has 0 fully saturated rings. The van der Waals surface area contributed by atoms with Crippen molar-refractivity contribution in [2.45, 2.75) is 6.92 Å². The third-order valence-corrected chi connectivity index (χ3v) is 4.01. The zero-order chi connectivity index (χ0) is 18.1. The predicted octanol–water partition coefficient (Wildman–Crippen LogP) is 1.79. The van der Waals surface area contributed by atoms with Crippen molar-refractivity contribution < 1.29 is 19.5 Å².